The van der Waals surface area contributed by atoms with Gasteiger partial charge in [0, 0.05) is 11.8 Å². The first-order valence-electron chi connectivity index (χ1n) is 4.34. The van der Waals surface area contributed by atoms with E-state index in [4.69, 9.17) is 0 Å². The lowest BCUT2D eigenvalue weighted by molar-refractivity contribution is -0.0995. The van der Waals surface area contributed by atoms with Crippen molar-refractivity contribution in [2.45, 2.75) is 46.5 Å². The molecule has 0 fully saturated rings. The average Bonchev–Trinajstić information content (AvgIpc) is 1.96. The smallest absolute Gasteiger partial charge is 0.206 e. The summed E-state index contributed by atoms with van der Waals surface area (Å²) in [7, 11) is 0. The Kier molecular flexibility index (Phi) is 2.05. The lowest BCUT2D eigenvalue weighted by atomic mass is 9.70. The number of hydrogen-bond acceptors (Lipinski definition) is 0. The van der Waals surface area contributed by atoms with Crippen molar-refractivity contribution in [3.63, 3.8) is 0 Å². The molecule has 0 nitrogen and oxygen atoms in total. The van der Waals surface area contributed by atoms with E-state index in [1.807, 2.05) is 13.8 Å². The predicted octanol–water partition coefficient (Wildman–Crippen LogP) is 3.78. The van der Waals surface area contributed by atoms with Crippen LogP contribution in [0.25, 0.3) is 0 Å². The Bertz CT molecular complexity index is 224. The van der Waals surface area contributed by atoms with E-state index in [9.17, 15) is 8.78 Å². The highest BCUT2D eigenvalue weighted by Crippen LogP contribution is 2.50. The summed E-state index contributed by atoms with van der Waals surface area (Å²) in [5, 5.41) is 0. The summed E-state index contributed by atoms with van der Waals surface area (Å²) in [6, 6.07) is 0. The fourth-order valence-corrected chi connectivity index (χ4v) is 1.65. The highest BCUT2D eigenvalue weighted by Gasteiger charge is 2.49. The Morgan fingerprint density at radius 3 is 2.08 bits per heavy atom. The molecule has 0 atom stereocenters. The topological polar surface area (TPSA) is 0 Å². The number of allylic oxidation sites excluding steroid dienone is 2. The molecule has 0 spiro atoms. The third-order valence-electron chi connectivity index (χ3n) is 3.31. The summed E-state index contributed by atoms with van der Waals surface area (Å²) in [6.45, 7) is 7.03. The van der Waals surface area contributed by atoms with Crippen molar-refractivity contribution in [2.75, 3.05) is 0 Å². The standard InChI is InChI=1S/C10H16F2/c1-7-5-6-10(11,12)9(3,4)8(7)2/h5-6H2,1-4H3. The van der Waals surface area contributed by atoms with Crippen LogP contribution in [0.1, 0.15) is 40.5 Å². The zero-order valence-electron chi connectivity index (χ0n) is 8.17. The van der Waals surface area contributed by atoms with Crippen LogP contribution in [0.5, 0.6) is 0 Å². The summed E-state index contributed by atoms with van der Waals surface area (Å²) in [5.74, 6) is -2.53. The molecule has 0 amide bonds. The Labute approximate surface area is 72.7 Å². The van der Waals surface area contributed by atoms with Gasteiger partial charge in [-0.1, -0.05) is 25.0 Å². The highest BCUT2D eigenvalue weighted by molar-refractivity contribution is 5.24. The Balaban J connectivity index is 3.12. The van der Waals surface area contributed by atoms with E-state index in [0.717, 1.165) is 11.1 Å². The third kappa shape index (κ3) is 1.17. The molecule has 12 heavy (non-hydrogen) atoms. The van der Waals surface area contributed by atoms with Crippen LogP contribution in [-0.4, -0.2) is 5.92 Å². The van der Waals surface area contributed by atoms with Crippen molar-refractivity contribution in [1.82, 2.24) is 0 Å². The molecular formula is C10H16F2. The maximum Gasteiger partial charge on any atom is 0.257 e. The largest absolute Gasteiger partial charge is 0.257 e. The van der Waals surface area contributed by atoms with Crippen molar-refractivity contribution in [1.29, 1.82) is 0 Å². The van der Waals surface area contributed by atoms with Gasteiger partial charge in [-0.15, -0.1) is 0 Å². The normalized spacial score (nSPS) is 27.5. The SMILES string of the molecule is CC1=C(C)C(C)(C)C(F)(F)CC1. The van der Waals surface area contributed by atoms with Crippen molar-refractivity contribution < 1.29 is 8.78 Å². The Morgan fingerprint density at radius 1 is 1.17 bits per heavy atom. The van der Waals surface area contributed by atoms with E-state index >= 15 is 0 Å². The average molecular weight is 174 g/mol. The van der Waals surface area contributed by atoms with Gasteiger partial charge < -0.3 is 0 Å². The minimum Gasteiger partial charge on any atom is -0.206 e. The second kappa shape index (κ2) is 2.54. The first-order chi connectivity index (χ1) is 5.29. The first kappa shape index (κ1) is 9.69. The molecule has 0 bridgehead atoms. The van der Waals surface area contributed by atoms with Gasteiger partial charge in [0.15, 0.2) is 0 Å². The number of alkyl halides is 2. The molecule has 0 N–H and O–H groups in total. The lowest BCUT2D eigenvalue weighted by Crippen LogP contribution is -2.40. The van der Waals surface area contributed by atoms with Crippen LogP contribution in [0, 0.1) is 5.41 Å². The molecule has 0 aromatic heterocycles. The number of rotatable bonds is 0. The second-order valence-corrected chi connectivity index (χ2v) is 4.23. The van der Waals surface area contributed by atoms with Gasteiger partial charge in [-0.05, 0) is 20.3 Å². The summed E-state index contributed by atoms with van der Waals surface area (Å²) in [5.41, 5.74) is 1.04. The molecular weight excluding hydrogens is 158 g/mol. The van der Waals surface area contributed by atoms with Gasteiger partial charge in [0.05, 0.1) is 0 Å². The quantitative estimate of drug-likeness (QED) is 0.490. The van der Waals surface area contributed by atoms with E-state index in [0.29, 0.717) is 6.42 Å². The van der Waals surface area contributed by atoms with Crippen molar-refractivity contribution in [3.8, 4) is 0 Å². The molecule has 0 radical (unpaired) electrons. The minimum atomic E-state index is -2.53. The number of hydrogen-bond donors (Lipinski definition) is 0. The van der Waals surface area contributed by atoms with Gasteiger partial charge in [-0.3, -0.25) is 0 Å². The van der Waals surface area contributed by atoms with Crippen LogP contribution < -0.4 is 0 Å². The first-order valence-corrected chi connectivity index (χ1v) is 4.34. The van der Waals surface area contributed by atoms with Gasteiger partial charge >= 0.3 is 0 Å². The molecule has 2 heteroatoms. The van der Waals surface area contributed by atoms with Gasteiger partial charge in [0.2, 0.25) is 0 Å². The molecule has 70 valence electrons. The van der Waals surface area contributed by atoms with E-state index < -0.39 is 11.3 Å². The van der Waals surface area contributed by atoms with Crippen LogP contribution in [0.4, 0.5) is 8.78 Å². The molecule has 1 aliphatic carbocycles. The summed E-state index contributed by atoms with van der Waals surface area (Å²) < 4.78 is 26.7. The van der Waals surface area contributed by atoms with Crippen molar-refractivity contribution in [2.24, 2.45) is 5.41 Å². The van der Waals surface area contributed by atoms with Crippen LogP contribution in [0.2, 0.25) is 0 Å². The molecule has 0 aromatic carbocycles. The zero-order valence-corrected chi connectivity index (χ0v) is 8.17. The maximum absolute atomic E-state index is 13.4. The molecule has 1 rings (SSSR count). The maximum atomic E-state index is 13.4. The molecule has 1 aliphatic rings. The molecule has 0 unspecified atom stereocenters. The fourth-order valence-electron chi connectivity index (χ4n) is 1.65. The lowest BCUT2D eigenvalue weighted by Gasteiger charge is -2.40. The van der Waals surface area contributed by atoms with E-state index in [2.05, 4.69) is 0 Å². The Hall–Kier alpha value is -0.400. The van der Waals surface area contributed by atoms with E-state index in [1.165, 1.54) is 0 Å². The molecule has 0 saturated heterocycles. The van der Waals surface area contributed by atoms with Crippen molar-refractivity contribution >= 4 is 0 Å². The highest BCUT2D eigenvalue weighted by atomic mass is 19.3. The van der Waals surface area contributed by atoms with E-state index in [-0.39, 0.29) is 6.42 Å². The minimum absolute atomic E-state index is 0.00315. The molecule has 0 aliphatic heterocycles. The van der Waals surface area contributed by atoms with Crippen molar-refractivity contribution in [3.05, 3.63) is 11.1 Å². The molecule has 0 heterocycles. The summed E-state index contributed by atoms with van der Waals surface area (Å²) in [6.07, 6.45) is 0.547. The van der Waals surface area contributed by atoms with Crippen LogP contribution in [0.15, 0.2) is 11.1 Å². The summed E-state index contributed by atoms with van der Waals surface area (Å²) >= 11 is 0. The predicted molar refractivity (Wildman–Crippen MR) is 46.3 cm³/mol. The van der Waals surface area contributed by atoms with E-state index in [1.54, 1.807) is 13.8 Å². The zero-order chi connectivity index (χ0) is 9.57. The van der Waals surface area contributed by atoms with Crippen LogP contribution in [-0.2, 0) is 0 Å². The van der Waals surface area contributed by atoms with Gasteiger partial charge in [-0.25, -0.2) is 8.78 Å². The molecule has 0 saturated carbocycles. The monoisotopic (exact) mass is 174 g/mol. The van der Waals surface area contributed by atoms with Gasteiger partial charge in [-0.2, -0.15) is 0 Å². The van der Waals surface area contributed by atoms with Crippen LogP contribution >= 0.6 is 0 Å². The summed E-state index contributed by atoms with van der Waals surface area (Å²) in [4.78, 5) is 0. The Morgan fingerprint density at radius 2 is 1.67 bits per heavy atom. The second-order valence-electron chi connectivity index (χ2n) is 4.23. The fraction of sp³-hybridized carbons (Fsp3) is 0.800. The third-order valence-corrected chi connectivity index (χ3v) is 3.31. The van der Waals surface area contributed by atoms with Crippen LogP contribution in [0.3, 0.4) is 0 Å². The number of halogens is 2. The van der Waals surface area contributed by atoms with Gasteiger partial charge in [0.25, 0.3) is 5.92 Å². The molecule has 0 aromatic rings. The van der Waals surface area contributed by atoms with Gasteiger partial charge in [0.1, 0.15) is 0 Å².